The van der Waals surface area contributed by atoms with Crippen molar-refractivity contribution in [1.29, 1.82) is 0 Å². The van der Waals surface area contributed by atoms with Crippen LogP contribution in [0.2, 0.25) is 0 Å². The Kier molecular flexibility index (Phi) is 4.07. The molecule has 4 nitrogen and oxygen atoms in total. The predicted molar refractivity (Wildman–Crippen MR) is 68.7 cm³/mol. The van der Waals surface area contributed by atoms with Crippen LogP contribution in [-0.2, 0) is 11.2 Å². The highest BCUT2D eigenvalue weighted by atomic mass is 16.7. The first kappa shape index (κ1) is 12.7. The zero-order chi connectivity index (χ0) is 13.0. The molecule has 0 bridgehead atoms. The first-order chi connectivity index (χ1) is 8.65. The summed E-state index contributed by atoms with van der Waals surface area (Å²) in [5, 5.41) is 2.92. The van der Waals surface area contributed by atoms with E-state index in [0.29, 0.717) is 25.7 Å². The van der Waals surface area contributed by atoms with Crippen molar-refractivity contribution >= 4 is 5.91 Å². The highest BCUT2D eigenvalue weighted by Crippen LogP contribution is 2.32. The quantitative estimate of drug-likeness (QED) is 0.869. The fourth-order valence-electron chi connectivity index (χ4n) is 1.89. The number of carbonyl (C=O) groups excluding carboxylic acids is 1. The van der Waals surface area contributed by atoms with E-state index in [0.717, 1.165) is 23.5 Å². The minimum atomic E-state index is 0.116. The lowest BCUT2D eigenvalue weighted by molar-refractivity contribution is -0.121. The molecule has 2 rings (SSSR count). The summed E-state index contributed by atoms with van der Waals surface area (Å²) in [5.41, 5.74) is 1.14. The van der Waals surface area contributed by atoms with E-state index >= 15 is 0 Å². The van der Waals surface area contributed by atoms with Crippen molar-refractivity contribution in [2.75, 3.05) is 13.3 Å². The van der Waals surface area contributed by atoms with Gasteiger partial charge < -0.3 is 14.8 Å². The largest absolute Gasteiger partial charge is 0.454 e. The van der Waals surface area contributed by atoms with Crippen LogP contribution in [0.15, 0.2) is 18.2 Å². The third kappa shape index (κ3) is 3.39. The molecule has 98 valence electrons. The molecule has 1 aliphatic heterocycles. The molecule has 1 aromatic carbocycles. The van der Waals surface area contributed by atoms with Gasteiger partial charge in [0, 0.05) is 13.0 Å². The van der Waals surface area contributed by atoms with Crippen LogP contribution >= 0.6 is 0 Å². The molecule has 0 unspecified atom stereocenters. The number of hydrogen-bond donors (Lipinski definition) is 1. The van der Waals surface area contributed by atoms with E-state index in [1.807, 2.05) is 32.0 Å². The van der Waals surface area contributed by atoms with Crippen molar-refractivity contribution in [3.05, 3.63) is 23.8 Å². The van der Waals surface area contributed by atoms with Crippen molar-refractivity contribution in [3.8, 4) is 11.5 Å². The van der Waals surface area contributed by atoms with E-state index < -0.39 is 0 Å². The Balaban J connectivity index is 1.78. The number of benzene rings is 1. The van der Waals surface area contributed by atoms with Crippen LogP contribution in [0.4, 0.5) is 0 Å². The minimum Gasteiger partial charge on any atom is -0.454 e. The molecule has 0 saturated heterocycles. The molecule has 18 heavy (non-hydrogen) atoms. The first-order valence-electron chi connectivity index (χ1n) is 6.30. The Hall–Kier alpha value is -1.71. The summed E-state index contributed by atoms with van der Waals surface area (Å²) < 4.78 is 10.6. The first-order valence-corrected chi connectivity index (χ1v) is 6.30. The maximum absolute atomic E-state index is 11.5. The molecule has 4 heteroatoms. The van der Waals surface area contributed by atoms with Gasteiger partial charge in [0.25, 0.3) is 0 Å². The minimum absolute atomic E-state index is 0.116. The number of nitrogens with one attached hydrogen (secondary N) is 1. The van der Waals surface area contributed by atoms with Crippen molar-refractivity contribution < 1.29 is 14.3 Å². The van der Waals surface area contributed by atoms with Gasteiger partial charge in [-0.15, -0.1) is 0 Å². The molecule has 1 amide bonds. The fraction of sp³-hybridized carbons (Fsp3) is 0.500. The van der Waals surface area contributed by atoms with Gasteiger partial charge in [0.15, 0.2) is 11.5 Å². The molecule has 1 N–H and O–H groups in total. The molecule has 0 radical (unpaired) electrons. The number of fused-ring (bicyclic) bond motifs is 1. The normalized spacial score (nSPS) is 12.8. The number of ether oxygens (including phenoxy) is 2. The van der Waals surface area contributed by atoms with Crippen LogP contribution in [0.1, 0.15) is 25.8 Å². The van der Waals surface area contributed by atoms with Gasteiger partial charge in [0.05, 0.1) is 0 Å². The molecular weight excluding hydrogens is 230 g/mol. The molecule has 1 aromatic rings. The van der Waals surface area contributed by atoms with Gasteiger partial charge in [-0.3, -0.25) is 4.79 Å². The van der Waals surface area contributed by atoms with E-state index in [-0.39, 0.29) is 5.91 Å². The van der Waals surface area contributed by atoms with Gasteiger partial charge in [-0.2, -0.15) is 0 Å². The van der Waals surface area contributed by atoms with Gasteiger partial charge in [0.2, 0.25) is 12.7 Å². The van der Waals surface area contributed by atoms with E-state index in [9.17, 15) is 4.79 Å². The Morgan fingerprint density at radius 1 is 1.33 bits per heavy atom. The third-order valence-electron chi connectivity index (χ3n) is 2.77. The Labute approximate surface area is 107 Å². The lowest BCUT2D eigenvalue weighted by Gasteiger charge is -2.07. The number of amides is 1. The second kappa shape index (κ2) is 5.76. The van der Waals surface area contributed by atoms with Crippen molar-refractivity contribution in [2.24, 2.45) is 5.92 Å². The highest BCUT2D eigenvalue weighted by Gasteiger charge is 2.13. The molecule has 0 aromatic heterocycles. The van der Waals surface area contributed by atoms with Crippen molar-refractivity contribution in [3.63, 3.8) is 0 Å². The number of carbonyl (C=O) groups is 1. The summed E-state index contributed by atoms with van der Waals surface area (Å²) >= 11 is 0. The standard InChI is InChI=1S/C14H19NO3/c1-10(2)7-14(16)15-6-5-11-3-4-12-13(8-11)18-9-17-12/h3-4,8,10H,5-7,9H2,1-2H3,(H,15,16). The maximum atomic E-state index is 11.5. The lowest BCUT2D eigenvalue weighted by Crippen LogP contribution is -2.26. The number of hydrogen-bond acceptors (Lipinski definition) is 3. The van der Waals surface area contributed by atoms with Crippen molar-refractivity contribution in [1.82, 2.24) is 5.32 Å². The van der Waals surface area contributed by atoms with E-state index in [1.54, 1.807) is 0 Å². The second-order valence-corrected chi connectivity index (χ2v) is 4.89. The van der Waals surface area contributed by atoms with Gasteiger partial charge in [-0.05, 0) is 30.0 Å². The predicted octanol–water partition coefficient (Wildman–Crippen LogP) is 2.12. The maximum Gasteiger partial charge on any atom is 0.231 e. The molecule has 0 atom stereocenters. The Bertz CT molecular complexity index is 429. The number of rotatable bonds is 5. The summed E-state index contributed by atoms with van der Waals surface area (Å²) in [6.45, 7) is 5.03. The molecule has 0 fully saturated rings. The van der Waals surface area contributed by atoms with E-state index in [4.69, 9.17) is 9.47 Å². The highest BCUT2D eigenvalue weighted by molar-refractivity contribution is 5.76. The summed E-state index contributed by atoms with van der Waals surface area (Å²) in [7, 11) is 0. The summed E-state index contributed by atoms with van der Waals surface area (Å²) in [6.07, 6.45) is 1.39. The Morgan fingerprint density at radius 2 is 2.11 bits per heavy atom. The van der Waals surface area contributed by atoms with Crippen molar-refractivity contribution in [2.45, 2.75) is 26.7 Å². The summed E-state index contributed by atoms with van der Waals surface area (Å²) in [5.74, 6) is 2.10. The van der Waals surface area contributed by atoms with Crippen LogP contribution in [0, 0.1) is 5.92 Å². The Morgan fingerprint density at radius 3 is 2.89 bits per heavy atom. The molecule has 1 heterocycles. The SMILES string of the molecule is CC(C)CC(=O)NCCc1ccc2c(c1)OCO2. The van der Waals surface area contributed by atoms with Gasteiger partial charge >= 0.3 is 0 Å². The fourth-order valence-corrected chi connectivity index (χ4v) is 1.89. The van der Waals surface area contributed by atoms with E-state index in [2.05, 4.69) is 5.32 Å². The zero-order valence-corrected chi connectivity index (χ0v) is 10.9. The third-order valence-corrected chi connectivity index (χ3v) is 2.77. The zero-order valence-electron chi connectivity index (χ0n) is 10.9. The van der Waals surface area contributed by atoms with Crippen LogP contribution in [0.3, 0.4) is 0 Å². The van der Waals surface area contributed by atoms with Gasteiger partial charge in [0.1, 0.15) is 0 Å². The second-order valence-electron chi connectivity index (χ2n) is 4.89. The monoisotopic (exact) mass is 249 g/mol. The molecular formula is C14H19NO3. The molecule has 0 spiro atoms. The van der Waals surface area contributed by atoms with Crippen LogP contribution < -0.4 is 14.8 Å². The molecule has 0 saturated carbocycles. The average Bonchev–Trinajstić information content (AvgIpc) is 2.75. The van der Waals surface area contributed by atoms with E-state index in [1.165, 1.54) is 0 Å². The van der Waals surface area contributed by atoms with Gasteiger partial charge in [-0.25, -0.2) is 0 Å². The average molecular weight is 249 g/mol. The van der Waals surface area contributed by atoms with Crippen LogP contribution in [-0.4, -0.2) is 19.2 Å². The molecule has 0 aliphatic carbocycles. The van der Waals surface area contributed by atoms with Crippen LogP contribution in [0.5, 0.6) is 11.5 Å². The van der Waals surface area contributed by atoms with Gasteiger partial charge in [-0.1, -0.05) is 19.9 Å². The van der Waals surface area contributed by atoms with Crippen LogP contribution in [0.25, 0.3) is 0 Å². The smallest absolute Gasteiger partial charge is 0.231 e. The summed E-state index contributed by atoms with van der Waals surface area (Å²) in [6, 6.07) is 5.88. The summed E-state index contributed by atoms with van der Waals surface area (Å²) in [4.78, 5) is 11.5. The topological polar surface area (TPSA) is 47.6 Å². The molecule has 1 aliphatic rings. The lowest BCUT2D eigenvalue weighted by atomic mass is 10.1.